The first-order valence-corrected chi connectivity index (χ1v) is 10.3. The number of non-ortho nitro benzene ring substituents is 1. The number of hydrogen-bond acceptors (Lipinski definition) is 5. The van der Waals surface area contributed by atoms with Crippen LogP contribution in [0.15, 0.2) is 48.5 Å². The Hall–Kier alpha value is -3.40. The number of nitriles is 1. The molecule has 0 radical (unpaired) electrons. The van der Waals surface area contributed by atoms with Crippen LogP contribution in [0.5, 0.6) is 0 Å². The molecule has 2 aromatic rings. The molecule has 0 N–H and O–H groups in total. The lowest BCUT2D eigenvalue weighted by molar-refractivity contribution is -0.384. The van der Waals surface area contributed by atoms with Crippen molar-refractivity contribution in [2.75, 3.05) is 29.4 Å². The zero-order chi connectivity index (χ0) is 21.5. The van der Waals surface area contributed by atoms with Gasteiger partial charge < -0.3 is 9.80 Å². The zero-order valence-electron chi connectivity index (χ0n) is 17.2. The molecule has 2 aromatic carbocycles. The normalized spacial score (nSPS) is 14.2. The van der Waals surface area contributed by atoms with E-state index in [2.05, 4.69) is 13.0 Å². The number of nitro groups is 1. The summed E-state index contributed by atoms with van der Waals surface area (Å²) in [6.45, 7) is 4.10. The van der Waals surface area contributed by atoms with Gasteiger partial charge in [0.15, 0.2) is 0 Å². The summed E-state index contributed by atoms with van der Waals surface area (Å²) in [5, 5.41) is 20.4. The maximum absolute atomic E-state index is 13.3. The predicted octanol–water partition coefficient (Wildman–Crippen LogP) is 4.52. The first-order chi connectivity index (χ1) is 14.5. The van der Waals surface area contributed by atoms with Crippen molar-refractivity contribution in [3.8, 4) is 6.07 Å². The van der Waals surface area contributed by atoms with Crippen LogP contribution >= 0.6 is 0 Å². The molecule has 0 unspecified atom stereocenters. The van der Waals surface area contributed by atoms with Crippen molar-refractivity contribution in [2.24, 2.45) is 5.92 Å². The fourth-order valence-electron chi connectivity index (χ4n) is 3.88. The number of benzene rings is 2. The first kappa shape index (κ1) is 21.3. The number of anilines is 2. The Balaban J connectivity index is 1.70. The van der Waals surface area contributed by atoms with Gasteiger partial charge in [0.2, 0.25) is 5.91 Å². The van der Waals surface area contributed by atoms with Gasteiger partial charge in [-0.3, -0.25) is 14.9 Å². The molecule has 1 saturated heterocycles. The van der Waals surface area contributed by atoms with Gasteiger partial charge in [-0.2, -0.15) is 5.26 Å². The molecule has 1 fully saturated rings. The van der Waals surface area contributed by atoms with Crippen LogP contribution in [-0.2, 0) is 4.79 Å². The van der Waals surface area contributed by atoms with Gasteiger partial charge >= 0.3 is 0 Å². The number of piperidine rings is 1. The smallest absolute Gasteiger partial charge is 0.270 e. The Labute approximate surface area is 176 Å². The maximum atomic E-state index is 13.3. The fraction of sp³-hybridized carbons (Fsp3) is 0.391. The summed E-state index contributed by atoms with van der Waals surface area (Å²) >= 11 is 0. The van der Waals surface area contributed by atoms with Crippen LogP contribution in [-0.4, -0.2) is 30.5 Å². The molecule has 156 valence electrons. The molecule has 1 aliphatic rings. The molecule has 3 rings (SSSR count). The minimum absolute atomic E-state index is 0.0677. The summed E-state index contributed by atoms with van der Waals surface area (Å²) in [4.78, 5) is 27.7. The summed E-state index contributed by atoms with van der Waals surface area (Å²) < 4.78 is 0. The number of amides is 1. The molecular formula is C23H26N4O3. The van der Waals surface area contributed by atoms with Crippen molar-refractivity contribution in [1.29, 1.82) is 5.26 Å². The Morgan fingerprint density at radius 2 is 1.93 bits per heavy atom. The maximum Gasteiger partial charge on any atom is 0.270 e. The summed E-state index contributed by atoms with van der Waals surface area (Å²) in [5.41, 5.74) is 1.83. The number of carbonyl (C=O) groups excluding carboxylic acids is 1. The Bertz CT molecular complexity index is 931. The van der Waals surface area contributed by atoms with Gasteiger partial charge in [-0.25, -0.2) is 0 Å². The van der Waals surface area contributed by atoms with Crippen LogP contribution in [0.1, 0.15) is 38.2 Å². The highest BCUT2D eigenvalue weighted by atomic mass is 16.6. The molecule has 1 amide bonds. The third kappa shape index (κ3) is 4.77. The molecule has 0 spiro atoms. The molecule has 1 aliphatic heterocycles. The van der Waals surface area contributed by atoms with E-state index < -0.39 is 4.92 Å². The lowest BCUT2D eigenvalue weighted by atomic mass is 9.94. The average molecular weight is 406 g/mol. The Kier molecular flexibility index (Phi) is 7.02. The summed E-state index contributed by atoms with van der Waals surface area (Å²) in [6.07, 6.45) is 3.35. The fourth-order valence-corrected chi connectivity index (χ4v) is 3.88. The van der Waals surface area contributed by atoms with E-state index in [0.29, 0.717) is 43.7 Å². The molecule has 7 heteroatoms. The van der Waals surface area contributed by atoms with Gasteiger partial charge in [0, 0.05) is 43.4 Å². The van der Waals surface area contributed by atoms with Crippen molar-refractivity contribution in [1.82, 2.24) is 0 Å². The highest BCUT2D eigenvalue weighted by molar-refractivity contribution is 5.95. The van der Waals surface area contributed by atoms with E-state index in [1.165, 1.54) is 12.1 Å². The molecule has 0 aromatic heterocycles. The molecule has 7 nitrogen and oxygen atoms in total. The molecule has 30 heavy (non-hydrogen) atoms. The number of nitro benzene ring substituents is 1. The standard InChI is InChI=1S/C23H26N4O3/c1-2-3-13-26(20-7-5-4-6-8-20)23(28)18-11-14-25(15-12-18)22-10-9-21(27(29)30)16-19(22)17-24/h4-10,16,18H,2-3,11-15H2,1H3. The van der Waals surface area contributed by atoms with Crippen LogP contribution in [0.3, 0.4) is 0 Å². The number of unbranched alkanes of at least 4 members (excludes halogenated alkanes) is 1. The topological polar surface area (TPSA) is 90.5 Å². The van der Waals surface area contributed by atoms with Crippen LogP contribution < -0.4 is 9.80 Å². The highest BCUT2D eigenvalue weighted by Gasteiger charge is 2.30. The number of hydrogen-bond donors (Lipinski definition) is 0. The van der Waals surface area contributed by atoms with E-state index in [1.807, 2.05) is 40.1 Å². The van der Waals surface area contributed by atoms with E-state index in [4.69, 9.17) is 0 Å². The largest absolute Gasteiger partial charge is 0.370 e. The van der Waals surface area contributed by atoms with E-state index in [0.717, 1.165) is 18.5 Å². The molecular weight excluding hydrogens is 380 g/mol. The van der Waals surface area contributed by atoms with Crippen LogP contribution in [0.4, 0.5) is 17.1 Å². The van der Waals surface area contributed by atoms with Gasteiger partial charge in [-0.1, -0.05) is 31.5 Å². The third-order valence-corrected chi connectivity index (χ3v) is 5.57. The van der Waals surface area contributed by atoms with Crippen LogP contribution in [0, 0.1) is 27.4 Å². The molecule has 0 saturated carbocycles. The number of rotatable bonds is 7. The molecule has 1 heterocycles. The van der Waals surface area contributed by atoms with Crippen molar-refractivity contribution < 1.29 is 9.72 Å². The predicted molar refractivity (Wildman–Crippen MR) is 116 cm³/mol. The van der Waals surface area contributed by atoms with Crippen LogP contribution in [0.25, 0.3) is 0 Å². The monoisotopic (exact) mass is 406 g/mol. The molecule has 0 atom stereocenters. The number of nitrogens with zero attached hydrogens (tertiary/aromatic N) is 4. The van der Waals surface area contributed by atoms with Crippen molar-refractivity contribution in [3.05, 3.63) is 64.2 Å². The average Bonchev–Trinajstić information content (AvgIpc) is 2.79. The van der Waals surface area contributed by atoms with Crippen molar-refractivity contribution in [3.63, 3.8) is 0 Å². The second kappa shape index (κ2) is 9.88. The Morgan fingerprint density at radius 3 is 2.53 bits per heavy atom. The van der Waals surface area contributed by atoms with E-state index in [9.17, 15) is 20.2 Å². The van der Waals surface area contributed by atoms with Gasteiger partial charge in [-0.05, 0) is 37.5 Å². The summed E-state index contributed by atoms with van der Waals surface area (Å²) in [6, 6.07) is 16.2. The van der Waals surface area contributed by atoms with E-state index >= 15 is 0 Å². The second-order valence-electron chi connectivity index (χ2n) is 7.51. The van der Waals surface area contributed by atoms with Crippen LogP contribution in [0.2, 0.25) is 0 Å². The SMILES string of the molecule is CCCCN(C(=O)C1CCN(c2ccc([N+](=O)[O-])cc2C#N)CC1)c1ccccc1. The van der Waals surface area contributed by atoms with Gasteiger partial charge in [0.05, 0.1) is 16.2 Å². The number of para-hydroxylation sites is 1. The Morgan fingerprint density at radius 1 is 1.23 bits per heavy atom. The minimum Gasteiger partial charge on any atom is -0.370 e. The lowest BCUT2D eigenvalue weighted by Gasteiger charge is -2.35. The number of carbonyl (C=O) groups is 1. The molecule has 0 bridgehead atoms. The lowest BCUT2D eigenvalue weighted by Crippen LogP contribution is -2.43. The van der Waals surface area contributed by atoms with E-state index in [1.54, 1.807) is 6.07 Å². The highest BCUT2D eigenvalue weighted by Crippen LogP contribution is 2.30. The first-order valence-electron chi connectivity index (χ1n) is 10.3. The van der Waals surface area contributed by atoms with Gasteiger partial charge in [-0.15, -0.1) is 0 Å². The third-order valence-electron chi connectivity index (χ3n) is 5.57. The van der Waals surface area contributed by atoms with Gasteiger partial charge in [0.25, 0.3) is 5.69 Å². The zero-order valence-corrected chi connectivity index (χ0v) is 17.2. The molecule has 0 aliphatic carbocycles. The van der Waals surface area contributed by atoms with E-state index in [-0.39, 0.29) is 17.5 Å². The minimum atomic E-state index is -0.496. The second-order valence-corrected chi connectivity index (χ2v) is 7.51. The summed E-state index contributed by atoms with van der Waals surface area (Å²) in [7, 11) is 0. The van der Waals surface area contributed by atoms with Gasteiger partial charge in [0.1, 0.15) is 6.07 Å². The summed E-state index contributed by atoms with van der Waals surface area (Å²) in [5.74, 6) is 0.0837. The van der Waals surface area contributed by atoms with Crippen molar-refractivity contribution in [2.45, 2.75) is 32.6 Å². The van der Waals surface area contributed by atoms with Crippen molar-refractivity contribution >= 4 is 23.0 Å². The quantitative estimate of drug-likeness (QED) is 0.498.